The molecule has 30 heavy (non-hydrogen) atoms. The van der Waals surface area contributed by atoms with E-state index in [-0.39, 0.29) is 29.1 Å². The van der Waals surface area contributed by atoms with Gasteiger partial charge in [-0.05, 0) is 49.8 Å². The normalized spacial score (nSPS) is 23.6. The maximum Gasteiger partial charge on any atom is 0.222 e. The van der Waals surface area contributed by atoms with E-state index in [2.05, 4.69) is 36.5 Å². The standard InChI is InChI=1S/C25H29FN2O2/c1-18-6-8-19(9-7-18)16-25(13-10-23(29)27-25)14-11-24(30)28-15-12-20(17-28)21-4-2-3-5-22(21)26/h2-9,20H,10-17H2,1H3,(H,27,29). The van der Waals surface area contributed by atoms with Gasteiger partial charge < -0.3 is 10.2 Å². The second-order valence-corrected chi connectivity index (χ2v) is 8.84. The van der Waals surface area contributed by atoms with Crippen molar-refractivity contribution in [1.29, 1.82) is 0 Å². The largest absolute Gasteiger partial charge is 0.350 e. The molecule has 0 spiro atoms. The fraction of sp³-hybridized carbons (Fsp3) is 0.440. The van der Waals surface area contributed by atoms with Gasteiger partial charge in [0.2, 0.25) is 11.8 Å². The molecule has 158 valence electrons. The lowest BCUT2D eigenvalue weighted by Crippen LogP contribution is -2.44. The van der Waals surface area contributed by atoms with Crippen LogP contribution in [0, 0.1) is 12.7 Å². The average Bonchev–Trinajstić information content (AvgIpc) is 3.36. The average molecular weight is 409 g/mol. The minimum atomic E-state index is -0.354. The number of halogens is 1. The summed E-state index contributed by atoms with van der Waals surface area (Å²) in [7, 11) is 0. The summed E-state index contributed by atoms with van der Waals surface area (Å²) in [4.78, 5) is 26.8. The van der Waals surface area contributed by atoms with E-state index in [4.69, 9.17) is 0 Å². The summed E-state index contributed by atoms with van der Waals surface area (Å²) >= 11 is 0. The molecule has 0 radical (unpaired) electrons. The monoisotopic (exact) mass is 408 g/mol. The number of amides is 2. The van der Waals surface area contributed by atoms with E-state index in [1.165, 1.54) is 17.2 Å². The smallest absolute Gasteiger partial charge is 0.222 e. The van der Waals surface area contributed by atoms with E-state index >= 15 is 0 Å². The first-order chi connectivity index (χ1) is 14.4. The first kappa shape index (κ1) is 20.6. The summed E-state index contributed by atoms with van der Waals surface area (Å²) in [5.41, 5.74) is 2.73. The van der Waals surface area contributed by atoms with Crippen LogP contribution in [0.15, 0.2) is 48.5 Å². The Kier molecular flexibility index (Phi) is 5.89. The third-order valence-electron chi connectivity index (χ3n) is 6.60. The van der Waals surface area contributed by atoms with E-state index < -0.39 is 0 Å². The molecule has 0 saturated carbocycles. The van der Waals surface area contributed by atoms with Gasteiger partial charge in [0.15, 0.2) is 0 Å². The summed E-state index contributed by atoms with van der Waals surface area (Å²) < 4.78 is 14.1. The Labute approximate surface area is 177 Å². The summed E-state index contributed by atoms with van der Waals surface area (Å²) in [6.45, 7) is 3.28. The number of nitrogens with zero attached hydrogens (tertiary/aromatic N) is 1. The number of carbonyl (C=O) groups excluding carboxylic acids is 2. The Morgan fingerprint density at radius 3 is 2.67 bits per heavy atom. The number of nitrogens with one attached hydrogen (secondary N) is 1. The minimum absolute atomic E-state index is 0.0582. The molecule has 2 saturated heterocycles. The van der Waals surface area contributed by atoms with Crippen LogP contribution in [0.2, 0.25) is 0 Å². The van der Waals surface area contributed by atoms with Crippen molar-refractivity contribution in [3.63, 3.8) is 0 Å². The molecule has 2 unspecified atom stereocenters. The van der Waals surface area contributed by atoms with Crippen molar-refractivity contribution in [3.05, 3.63) is 71.0 Å². The molecule has 0 aliphatic carbocycles. The van der Waals surface area contributed by atoms with Gasteiger partial charge in [-0.2, -0.15) is 0 Å². The number of likely N-dealkylation sites (tertiary alicyclic amines) is 1. The molecule has 2 amide bonds. The van der Waals surface area contributed by atoms with Gasteiger partial charge in [-0.1, -0.05) is 48.0 Å². The van der Waals surface area contributed by atoms with Crippen molar-refractivity contribution in [1.82, 2.24) is 10.2 Å². The van der Waals surface area contributed by atoms with Gasteiger partial charge in [0, 0.05) is 37.4 Å². The second-order valence-electron chi connectivity index (χ2n) is 8.84. The van der Waals surface area contributed by atoms with Crippen LogP contribution < -0.4 is 5.32 Å². The quantitative estimate of drug-likeness (QED) is 0.782. The molecule has 4 rings (SSSR count). The first-order valence-electron chi connectivity index (χ1n) is 10.8. The van der Waals surface area contributed by atoms with Crippen molar-refractivity contribution in [3.8, 4) is 0 Å². The Hall–Kier alpha value is -2.69. The molecular formula is C25H29FN2O2. The van der Waals surface area contributed by atoms with Gasteiger partial charge in [0.25, 0.3) is 0 Å². The Morgan fingerprint density at radius 2 is 1.97 bits per heavy atom. The van der Waals surface area contributed by atoms with Crippen molar-refractivity contribution in [2.75, 3.05) is 13.1 Å². The minimum Gasteiger partial charge on any atom is -0.350 e. The van der Waals surface area contributed by atoms with E-state index in [0.717, 1.165) is 19.3 Å². The van der Waals surface area contributed by atoms with Crippen LogP contribution >= 0.6 is 0 Å². The lowest BCUT2D eigenvalue weighted by molar-refractivity contribution is -0.131. The molecule has 2 aliphatic heterocycles. The SMILES string of the molecule is Cc1ccc(CC2(CCC(=O)N3CCC(c4ccccc4F)C3)CCC(=O)N2)cc1. The van der Waals surface area contributed by atoms with Gasteiger partial charge >= 0.3 is 0 Å². The Balaban J connectivity index is 1.38. The maximum absolute atomic E-state index is 14.1. The van der Waals surface area contributed by atoms with Crippen molar-refractivity contribution < 1.29 is 14.0 Å². The number of hydrogen-bond acceptors (Lipinski definition) is 2. The highest BCUT2D eigenvalue weighted by Gasteiger charge is 2.38. The van der Waals surface area contributed by atoms with Gasteiger partial charge in [0.05, 0.1) is 0 Å². The summed E-state index contributed by atoms with van der Waals surface area (Å²) in [5.74, 6) is 0.0268. The second kappa shape index (κ2) is 8.58. The number of hydrogen-bond donors (Lipinski definition) is 1. The molecule has 2 aliphatic rings. The molecule has 0 aromatic heterocycles. The zero-order valence-corrected chi connectivity index (χ0v) is 17.5. The third kappa shape index (κ3) is 4.55. The highest BCUT2D eigenvalue weighted by molar-refractivity contribution is 5.80. The van der Waals surface area contributed by atoms with Gasteiger partial charge in [-0.15, -0.1) is 0 Å². The van der Waals surface area contributed by atoms with Crippen LogP contribution in [0.3, 0.4) is 0 Å². The van der Waals surface area contributed by atoms with Crippen molar-refractivity contribution in [2.24, 2.45) is 0 Å². The number of aryl methyl sites for hydroxylation is 1. The van der Waals surface area contributed by atoms with Crippen LogP contribution in [0.25, 0.3) is 0 Å². The molecule has 2 fully saturated rings. The number of benzene rings is 2. The topological polar surface area (TPSA) is 49.4 Å². The number of rotatable bonds is 6. The predicted molar refractivity (Wildman–Crippen MR) is 115 cm³/mol. The van der Waals surface area contributed by atoms with Crippen LogP contribution in [0.5, 0.6) is 0 Å². The molecule has 5 heteroatoms. The Morgan fingerprint density at radius 1 is 1.20 bits per heavy atom. The van der Waals surface area contributed by atoms with Crippen LogP contribution in [-0.4, -0.2) is 35.3 Å². The van der Waals surface area contributed by atoms with E-state index in [9.17, 15) is 14.0 Å². The van der Waals surface area contributed by atoms with Gasteiger partial charge in [-0.3, -0.25) is 9.59 Å². The fourth-order valence-corrected chi connectivity index (χ4v) is 4.83. The van der Waals surface area contributed by atoms with E-state index in [0.29, 0.717) is 37.9 Å². The molecule has 1 N–H and O–H groups in total. The lowest BCUT2D eigenvalue weighted by Gasteiger charge is -2.30. The zero-order valence-electron chi connectivity index (χ0n) is 17.5. The zero-order chi connectivity index (χ0) is 21.1. The summed E-state index contributed by atoms with van der Waals surface area (Å²) in [6, 6.07) is 15.2. The maximum atomic E-state index is 14.1. The van der Waals surface area contributed by atoms with E-state index in [1.54, 1.807) is 6.07 Å². The highest BCUT2D eigenvalue weighted by Crippen LogP contribution is 2.32. The van der Waals surface area contributed by atoms with Crippen LogP contribution in [-0.2, 0) is 16.0 Å². The molecule has 2 aromatic carbocycles. The van der Waals surface area contributed by atoms with Crippen molar-refractivity contribution in [2.45, 2.75) is 56.9 Å². The Bertz CT molecular complexity index is 927. The van der Waals surface area contributed by atoms with Gasteiger partial charge in [-0.25, -0.2) is 4.39 Å². The third-order valence-corrected chi connectivity index (χ3v) is 6.60. The van der Waals surface area contributed by atoms with Crippen molar-refractivity contribution >= 4 is 11.8 Å². The summed E-state index contributed by atoms with van der Waals surface area (Å²) in [5, 5.41) is 3.16. The molecule has 0 bridgehead atoms. The van der Waals surface area contributed by atoms with E-state index in [1.807, 2.05) is 17.0 Å². The first-order valence-corrected chi connectivity index (χ1v) is 10.8. The van der Waals surface area contributed by atoms with Crippen LogP contribution in [0.1, 0.15) is 54.7 Å². The summed E-state index contributed by atoms with van der Waals surface area (Å²) in [6.07, 6.45) is 3.83. The van der Waals surface area contributed by atoms with Gasteiger partial charge in [0.1, 0.15) is 5.82 Å². The molecule has 2 atom stereocenters. The fourth-order valence-electron chi connectivity index (χ4n) is 4.83. The predicted octanol–water partition coefficient (Wildman–Crippen LogP) is 4.12. The molecular weight excluding hydrogens is 379 g/mol. The lowest BCUT2D eigenvalue weighted by atomic mass is 9.84. The molecule has 4 nitrogen and oxygen atoms in total. The van der Waals surface area contributed by atoms with Crippen LogP contribution in [0.4, 0.5) is 4.39 Å². The molecule has 2 aromatic rings. The molecule has 2 heterocycles. The number of carbonyl (C=O) groups is 2. The highest BCUT2D eigenvalue weighted by atomic mass is 19.1.